The summed E-state index contributed by atoms with van der Waals surface area (Å²) < 4.78 is 25.6. The van der Waals surface area contributed by atoms with E-state index in [0.29, 0.717) is 16.7 Å². The van der Waals surface area contributed by atoms with Crippen molar-refractivity contribution in [3.8, 4) is 0 Å². The average Bonchev–Trinajstić information content (AvgIpc) is 3.04. The number of nitrogens with one attached hydrogen (secondary N) is 1. The molecule has 8 heteroatoms. The van der Waals surface area contributed by atoms with Gasteiger partial charge in [0.2, 0.25) is 0 Å². The molecule has 124 valence electrons. The highest BCUT2D eigenvalue weighted by molar-refractivity contribution is 7.91. The summed E-state index contributed by atoms with van der Waals surface area (Å²) in [6.07, 6.45) is 2.32. The number of nitrogens with zero attached hydrogens (tertiary/aromatic N) is 1. The van der Waals surface area contributed by atoms with Crippen LogP contribution in [0.2, 0.25) is 0 Å². The van der Waals surface area contributed by atoms with Gasteiger partial charge in [0.15, 0.2) is 0 Å². The van der Waals surface area contributed by atoms with Crippen LogP contribution in [-0.4, -0.2) is 32.7 Å². The zero-order chi connectivity index (χ0) is 16.6. The van der Waals surface area contributed by atoms with Gasteiger partial charge in [0, 0.05) is 19.0 Å². The van der Waals surface area contributed by atoms with Crippen molar-refractivity contribution < 1.29 is 13.2 Å². The van der Waals surface area contributed by atoms with Crippen molar-refractivity contribution in [2.24, 2.45) is 0 Å². The summed E-state index contributed by atoms with van der Waals surface area (Å²) in [4.78, 5) is 13.9. The molecular weight excluding hydrogens is 352 g/mol. The third kappa shape index (κ3) is 3.50. The van der Waals surface area contributed by atoms with Crippen LogP contribution in [0.5, 0.6) is 0 Å². The molecule has 2 heterocycles. The van der Waals surface area contributed by atoms with Gasteiger partial charge in [-0.15, -0.1) is 22.7 Å². The number of hydrogen-bond donors (Lipinski definition) is 1. The summed E-state index contributed by atoms with van der Waals surface area (Å²) in [6.45, 7) is 0.342. The van der Waals surface area contributed by atoms with Crippen molar-refractivity contribution in [2.45, 2.75) is 29.5 Å². The lowest BCUT2D eigenvalue weighted by Crippen LogP contribution is -2.22. The second-order valence-corrected chi connectivity index (χ2v) is 10.1. The fourth-order valence-electron chi connectivity index (χ4n) is 2.24. The van der Waals surface area contributed by atoms with Crippen LogP contribution in [0.25, 0.3) is 0 Å². The topological polar surface area (TPSA) is 66.5 Å². The monoisotopic (exact) mass is 370 g/mol. The molecule has 2 aromatic heterocycles. The van der Waals surface area contributed by atoms with Gasteiger partial charge in [-0.1, -0.05) is 0 Å². The Balaban J connectivity index is 1.66. The van der Waals surface area contributed by atoms with E-state index in [2.05, 4.69) is 5.32 Å². The summed E-state index contributed by atoms with van der Waals surface area (Å²) in [5.41, 5.74) is 1.15. The molecule has 0 aromatic carbocycles. The summed E-state index contributed by atoms with van der Waals surface area (Å²) in [6, 6.07) is 5.37. The molecule has 0 bridgehead atoms. The van der Waals surface area contributed by atoms with Gasteiger partial charge in [0.25, 0.3) is 15.9 Å². The number of rotatable bonds is 6. The third-order valence-electron chi connectivity index (χ3n) is 3.71. The van der Waals surface area contributed by atoms with Gasteiger partial charge >= 0.3 is 0 Å². The highest BCUT2D eigenvalue weighted by Gasteiger charge is 2.29. The molecule has 5 nitrogen and oxygen atoms in total. The fraction of sp³-hybridized carbons (Fsp3) is 0.400. The number of hydrogen-bond acceptors (Lipinski definition) is 5. The molecule has 2 aromatic rings. The lowest BCUT2D eigenvalue weighted by Gasteiger charge is -2.08. The maximum Gasteiger partial charge on any atom is 0.261 e. The Hall–Kier alpha value is -1.22. The molecule has 0 spiro atoms. The largest absolute Gasteiger partial charge is 0.346 e. The summed E-state index contributed by atoms with van der Waals surface area (Å²) >= 11 is 2.65. The maximum atomic E-state index is 12.3. The van der Waals surface area contributed by atoms with E-state index >= 15 is 0 Å². The SMILES string of the molecule is CN(C)S(=O)(=O)c1ccc(CNC(=O)c2sccc2C2CC2)s1. The first-order valence-electron chi connectivity index (χ1n) is 7.26. The van der Waals surface area contributed by atoms with Crippen LogP contribution in [0.4, 0.5) is 0 Å². The zero-order valence-corrected chi connectivity index (χ0v) is 15.4. The molecule has 1 N–H and O–H groups in total. The molecule has 3 rings (SSSR count). The van der Waals surface area contributed by atoms with Gasteiger partial charge in [0.05, 0.1) is 11.4 Å². The molecule has 0 radical (unpaired) electrons. The zero-order valence-electron chi connectivity index (χ0n) is 12.9. The highest BCUT2D eigenvalue weighted by atomic mass is 32.2. The lowest BCUT2D eigenvalue weighted by molar-refractivity contribution is 0.0954. The minimum Gasteiger partial charge on any atom is -0.346 e. The molecule has 0 saturated heterocycles. The van der Waals surface area contributed by atoms with Gasteiger partial charge in [-0.25, -0.2) is 12.7 Å². The van der Waals surface area contributed by atoms with Crippen LogP contribution in [0.3, 0.4) is 0 Å². The average molecular weight is 371 g/mol. The Morgan fingerprint density at radius 1 is 1.30 bits per heavy atom. The van der Waals surface area contributed by atoms with E-state index < -0.39 is 10.0 Å². The first-order valence-corrected chi connectivity index (χ1v) is 10.4. The van der Waals surface area contributed by atoms with Gasteiger partial charge in [0.1, 0.15) is 4.21 Å². The van der Waals surface area contributed by atoms with E-state index in [9.17, 15) is 13.2 Å². The van der Waals surface area contributed by atoms with Gasteiger partial charge < -0.3 is 5.32 Å². The lowest BCUT2D eigenvalue weighted by atomic mass is 10.1. The third-order valence-corrected chi connectivity index (χ3v) is 8.01. The van der Waals surface area contributed by atoms with Gasteiger partial charge in [-0.05, 0) is 47.9 Å². The number of thiophene rings is 2. The molecule has 1 aliphatic carbocycles. The van der Waals surface area contributed by atoms with E-state index in [-0.39, 0.29) is 5.91 Å². The Bertz CT molecular complexity index is 817. The number of amides is 1. The highest BCUT2D eigenvalue weighted by Crippen LogP contribution is 2.43. The molecule has 23 heavy (non-hydrogen) atoms. The number of sulfonamides is 1. The predicted octanol–water partition coefficient (Wildman–Crippen LogP) is 2.87. The second-order valence-electron chi connectivity index (χ2n) is 5.67. The molecular formula is C15H18N2O3S3. The van der Waals surface area contributed by atoms with E-state index in [0.717, 1.165) is 28.2 Å². The van der Waals surface area contributed by atoms with Gasteiger partial charge in [-0.2, -0.15) is 0 Å². The fourth-order valence-corrected chi connectivity index (χ4v) is 5.60. The molecule has 1 saturated carbocycles. The molecule has 1 amide bonds. The van der Waals surface area contributed by atoms with Crippen LogP contribution in [-0.2, 0) is 16.6 Å². The maximum absolute atomic E-state index is 12.3. The number of carbonyl (C=O) groups is 1. The van der Waals surface area contributed by atoms with Crippen molar-refractivity contribution in [1.82, 2.24) is 9.62 Å². The summed E-state index contributed by atoms with van der Waals surface area (Å²) in [5, 5.41) is 4.85. The van der Waals surface area contributed by atoms with Crippen molar-refractivity contribution in [1.29, 1.82) is 0 Å². The Morgan fingerprint density at radius 2 is 2.04 bits per heavy atom. The van der Waals surface area contributed by atoms with E-state index in [1.165, 1.54) is 41.1 Å². The predicted molar refractivity (Wildman–Crippen MR) is 92.7 cm³/mol. The van der Waals surface area contributed by atoms with Crippen molar-refractivity contribution in [2.75, 3.05) is 14.1 Å². The van der Waals surface area contributed by atoms with Crippen LogP contribution in [0, 0.1) is 0 Å². The Kier molecular flexibility index (Phi) is 4.59. The van der Waals surface area contributed by atoms with Gasteiger partial charge in [-0.3, -0.25) is 4.79 Å². The second kappa shape index (κ2) is 6.35. The van der Waals surface area contributed by atoms with Crippen molar-refractivity contribution >= 4 is 38.6 Å². The van der Waals surface area contributed by atoms with Crippen LogP contribution in [0.15, 0.2) is 27.8 Å². The molecule has 0 aliphatic heterocycles. The normalized spacial score (nSPS) is 15.1. The minimum atomic E-state index is -3.41. The van der Waals surface area contributed by atoms with E-state index in [4.69, 9.17) is 0 Å². The van der Waals surface area contributed by atoms with E-state index in [1.54, 1.807) is 12.1 Å². The Labute approximate surface area is 144 Å². The standard InChI is InChI=1S/C15H18N2O3S3/c1-17(2)23(19,20)13-6-5-11(22-13)9-16-15(18)14-12(7-8-21-14)10-3-4-10/h5-8,10H,3-4,9H2,1-2H3,(H,16,18). The van der Waals surface area contributed by atoms with Crippen molar-refractivity contribution in [3.05, 3.63) is 38.9 Å². The van der Waals surface area contributed by atoms with Crippen LogP contribution >= 0.6 is 22.7 Å². The number of carbonyl (C=O) groups excluding carboxylic acids is 1. The first-order chi connectivity index (χ1) is 10.9. The minimum absolute atomic E-state index is 0.0766. The van der Waals surface area contributed by atoms with E-state index in [1.807, 2.05) is 11.4 Å². The summed E-state index contributed by atoms with van der Waals surface area (Å²) in [5.74, 6) is 0.466. The smallest absolute Gasteiger partial charge is 0.261 e. The Morgan fingerprint density at radius 3 is 2.70 bits per heavy atom. The molecule has 1 fully saturated rings. The molecule has 0 unspecified atom stereocenters. The molecule has 1 aliphatic rings. The molecule has 0 atom stereocenters. The van der Waals surface area contributed by atoms with Crippen molar-refractivity contribution in [3.63, 3.8) is 0 Å². The summed E-state index contributed by atoms with van der Waals surface area (Å²) in [7, 11) is -0.393. The quantitative estimate of drug-likeness (QED) is 0.850. The first kappa shape index (κ1) is 16.6. The van der Waals surface area contributed by atoms with Crippen LogP contribution < -0.4 is 5.32 Å². The van der Waals surface area contributed by atoms with Crippen LogP contribution in [0.1, 0.15) is 38.9 Å².